The lowest BCUT2D eigenvalue weighted by Crippen LogP contribution is -2.54. The van der Waals surface area contributed by atoms with Gasteiger partial charge in [-0.15, -0.1) is 0 Å². The van der Waals surface area contributed by atoms with E-state index in [2.05, 4.69) is 31.2 Å². The highest BCUT2D eigenvalue weighted by Gasteiger charge is 2.24. The number of rotatable bonds is 8. The Morgan fingerprint density at radius 1 is 1.33 bits per heavy atom. The zero-order chi connectivity index (χ0) is 13.4. The summed E-state index contributed by atoms with van der Waals surface area (Å²) in [5, 5.41) is 12.1. The predicted octanol–water partition coefficient (Wildman–Crippen LogP) is 1.93. The molecule has 1 heterocycles. The van der Waals surface area contributed by atoms with Crippen LogP contribution >= 0.6 is 0 Å². The minimum Gasteiger partial charge on any atom is -0.389 e. The number of hydrazine groups is 1. The van der Waals surface area contributed by atoms with Gasteiger partial charge in [0.2, 0.25) is 0 Å². The second-order valence-electron chi connectivity index (χ2n) is 5.48. The highest BCUT2D eigenvalue weighted by Crippen LogP contribution is 2.19. The maximum Gasteiger partial charge on any atom is 0.0911 e. The van der Waals surface area contributed by atoms with E-state index >= 15 is 0 Å². The third-order valence-electron chi connectivity index (χ3n) is 3.66. The summed E-state index contributed by atoms with van der Waals surface area (Å²) in [5.41, 5.74) is 3.37. The summed E-state index contributed by atoms with van der Waals surface area (Å²) in [6.07, 6.45) is 5.57. The Balaban J connectivity index is 2.14. The average Bonchev–Trinajstić information content (AvgIpc) is 2.34. The van der Waals surface area contributed by atoms with Crippen molar-refractivity contribution < 1.29 is 9.84 Å². The molecule has 2 N–H and O–H groups in total. The smallest absolute Gasteiger partial charge is 0.0911 e. The fourth-order valence-electron chi connectivity index (χ4n) is 2.47. The van der Waals surface area contributed by atoms with Gasteiger partial charge in [-0.3, -0.25) is 5.43 Å². The van der Waals surface area contributed by atoms with Crippen molar-refractivity contribution in [3.63, 3.8) is 0 Å². The standard InChI is InChI=1S/C14H30N2O2/c1-4-5-9-18-11-14(17)10-15-16-12(2)7-6-8-13(16)3/h12-15,17H,4-11H2,1-3H3. The summed E-state index contributed by atoms with van der Waals surface area (Å²) in [6.45, 7) is 8.40. The molecule has 3 atom stereocenters. The molecule has 0 radical (unpaired) electrons. The van der Waals surface area contributed by atoms with Gasteiger partial charge in [0.25, 0.3) is 0 Å². The molecule has 0 aromatic rings. The van der Waals surface area contributed by atoms with Gasteiger partial charge in [-0.25, -0.2) is 5.01 Å². The van der Waals surface area contributed by atoms with Crippen molar-refractivity contribution in [2.24, 2.45) is 0 Å². The summed E-state index contributed by atoms with van der Waals surface area (Å²) in [6, 6.07) is 1.11. The first-order chi connectivity index (χ1) is 8.65. The van der Waals surface area contributed by atoms with E-state index in [0.717, 1.165) is 19.4 Å². The molecule has 0 saturated carbocycles. The van der Waals surface area contributed by atoms with Crippen molar-refractivity contribution in [1.29, 1.82) is 0 Å². The molecule has 1 saturated heterocycles. The summed E-state index contributed by atoms with van der Waals surface area (Å²) < 4.78 is 5.42. The molecule has 108 valence electrons. The number of aliphatic hydroxyl groups excluding tert-OH is 1. The molecule has 0 aliphatic carbocycles. The van der Waals surface area contributed by atoms with Crippen LogP contribution in [-0.4, -0.2) is 48.1 Å². The lowest BCUT2D eigenvalue weighted by atomic mass is 10.00. The van der Waals surface area contributed by atoms with Gasteiger partial charge < -0.3 is 9.84 Å². The molecular formula is C14H30N2O2. The number of ether oxygens (including phenoxy) is 1. The van der Waals surface area contributed by atoms with Crippen molar-refractivity contribution in [2.45, 2.75) is 71.1 Å². The molecule has 4 nitrogen and oxygen atoms in total. The van der Waals surface area contributed by atoms with Crippen LogP contribution < -0.4 is 5.43 Å². The van der Waals surface area contributed by atoms with Crippen molar-refractivity contribution in [3.05, 3.63) is 0 Å². The van der Waals surface area contributed by atoms with E-state index in [0.29, 0.717) is 25.2 Å². The van der Waals surface area contributed by atoms with E-state index in [1.807, 2.05) is 0 Å². The highest BCUT2D eigenvalue weighted by atomic mass is 16.5. The SMILES string of the molecule is CCCCOCC(O)CNN1C(C)CCCC1C. The zero-order valence-electron chi connectivity index (χ0n) is 12.2. The zero-order valence-corrected chi connectivity index (χ0v) is 12.2. The molecule has 1 aliphatic rings. The molecule has 0 aromatic heterocycles. The van der Waals surface area contributed by atoms with E-state index < -0.39 is 6.10 Å². The predicted molar refractivity (Wildman–Crippen MR) is 74.4 cm³/mol. The number of aliphatic hydroxyl groups is 1. The van der Waals surface area contributed by atoms with E-state index in [4.69, 9.17) is 4.74 Å². The molecular weight excluding hydrogens is 228 g/mol. The maximum atomic E-state index is 9.84. The van der Waals surface area contributed by atoms with Crippen molar-refractivity contribution in [2.75, 3.05) is 19.8 Å². The Morgan fingerprint density at radius 2 is 2.00 bits per heavy atom. The first-order valence-corrected chi connectivity index (χ1v) is 7.42. The van der Waals surface area contributed by atoms with Gasteiger partial charge in [-0.05, 0) is 33.1 Å². The van der Waals surface area contributed by atoms with Crippen molar-refractivity contribution in [3.8, 4) is 0 Å². The lowest BCUT2D eigenvalue weighted by molar-refractivity contribution is -0.00295. The average molecular weight is 258 g/mol. The first-order valence-electron chi connectivity index (χ1n) is 7.42. The Kier molecular flexibility index (Phi) is 7.82. The molecule has 1 rings (SSSR count). The number of piperidine rings is 1. The quantitative estimate of drug-likeness (QED) is 0.653. The largest absolute Gasteiger partial charge is 0.389 e. The monoisotopic (exact) mass is 258 g/mol. The van der Waals surface area contributed by atoms with Crippen LogP contribution in [0.3, 0.4) is 0 Å². The third-order valence-corrected chi connectivity index (χ3v) is 3.66. The number of unbranched alkanes of at least 4 members (excludes halogenated alkanes) is 1. The molecule has 0 amide bonds. The molecule has 0 spiro atoms. The fourth-order valence-corrected chi connectivity index (χ4v) is 2.47. The molecule has 18 heavy (non-hydrogen) atoms. The van der Waals surface area contributed by atoms with E-state index in [1.54, 1.807) is 0 Å². The van der Waals surface area contributed by atoms with Gasteiger partial charge in [-0.1, -0.05) is 19.8 Å². The number of hydrogen-bond acceptors (Lipinski definition) is 4. The van der Waals surface area contributed by atoms with Gasteiger partial charge in [0.1, 0.15) is 0 Å². The molecule has 1 aliphatic heterocycles. The normalized spacial score (nSPS) is 27.3. The summed E-state index contributed by atoms with van der Waals surface area (Å²) in [4.78, 5) is 0. The van der Waals surface area contributed by atoms with Gasteiger partial charge in [0, 0.05) is 25.2 Å². The highest BCUT2D eigenvalue weighted by molar-refractivity contribution is 4.77. The number of hydrogen-bond donors (Lipinski definition) is 2. The van der Waals surface area contributed by atoms with E-state index in [1.165, 1.54) is 19.3 Å². The minimum atomic E-state index is -0.414. The fraction of sp³-hybridized carbons (Fsp3) is 1.00. The second kappa shape index (κ2) is 8.86. The van der Waals surface area contributed by atoms with E-state index in [9.17, 15) is 5.11 Å². The molecule has 3 unspecified atom stereocenters. The van der Waals surface area contributed by atoms with Gasteiger partial charge >= 0.3 is 0 Å². The maximum absolute atomic E-state index is 9.84. The minimum absolute atomic E-state index is 0.414. The van der Waals surface area contributed by atoms with Crippen LogP contribution in [0.15, 0.2) is 0 Å². The Bertz CT molecular complexity index is 204. The Hall–Kier alpha value is -0.160. The van der Waals surface area contributed by atoms with Crippen molar-refractivity contribution in [1.82, 2.24) is 10.4 Å². The summed E-state index contributed by atoms with van der Waals surface area (Å²) >= 11 is 0. The first kappa shape index (κ1) is 15.9. The van der Waals surface area contributed by atoms with Crippen LogP contribution in [0.5, 0.6) is 0 Å². The second-order valence-corrected chi connectivity index (χ2v) is 5.48. The van der Waals surface area contributed by atoms with Gasteiger partial charge in [0.05, 0.1) is 12.7 Å². The topological polar surface area (TPSA) is 44.7 Å². The van der Waals surface area contributed by atoms with Crippen LogP contribution in [-0.2, 0) is 4.74 Å². The number of nitrogens with zero attached hydrogens (tertiary/aromatic N) is 1. The van der Waals surface area contributed by atoms with Crippen LogP contribution in [0, 0.1) is 0 Å². The Morgan fingerprint density at radius 3 is 2.61 bits per heavy atom. The van der Waals surface area contributed by atoms with Crippen LogP contribution in [0.4, 0.5) is 0 Å². The Labute approximate surface area is 112 Å². The third kappa shape index (κ3) is 5.65. The lowest BCUT2D eigenvalue weighted by Gasteiger charge is -2.39. The van der Waals surface area contributed by atoms with Crippen molar-refractivity contribution >= 4 is 0 Å². The van der Waals surface area contributed by atoms with Crippen LogP contribution in [0.2, 0.25) is 0 Å². The van der Waals surface area contributed by atoms with Gasteiger partial charge in [0.15, 0.2) is 0 Å². The molecule has 4 heteroatoms. The van der Waals surface area contributed by atoms with E-state index in [-0.39, 0.29) is 0 Å². The van der Waals surface area contributed by atoms with Gasteiger partial charge in [-0.2, -0.15) is 0 Å². The summed E-state index contributed by atoms with van der Waals surface area (Å²) in [7, 11) is 0. The van der Waals surface area contributed by atoms with Crippen LogP contribution in [0.25, 0.3) is 0 Å². The molecule has 0 aromatic carbocycles. The summed E-state index contributed by atoms with van der Waals surface area (Å²) in [5.74, 6) is 0. The molecule has 1 fully saturated rings. The molecule has 0 bridgehead atoms. The van der Waals surface area contributed by atoms with Crippen LogP contribution in [0.1, 0.15) is 52.9 Å². The number of nitrogens with one attached hydrogen (secondary N) is 1.